The number of carbonyl (C=O) groups is 2. The average Bonchev–Trinajstić information content (AvgIpc) is 2.89. The first-order chi connectivity index (χ1) is 13.3. The van der Waals surface area contributed by atoms with E-state index in [4.69, 9.17) is 27.9 Å². The Morgan fingerprint density at radius 2 is 1.79 bits per heavy atom. The van der Waals surface area contributed by atoms with Crippen LogP contribution in [0.3, 0.4) is 0 Å². The molecule has 1 fully saturated rings. The van der Waals surface area contributed by atoms with Gasteiger partial charge in [0.25, 0.3) is 16.8 Å². The predicted molar refractivity (Wildman–Crippen MR) is 108 cm³/mol. The third-order valence-electron chi connectivity index (χ3n) is 3.88. The SMILES string of the molecule is COc1c(Cl)cc(/C=C2\SC(=O)N(Cc3ccc([N+](=O)[O-])cc3)C2=O)cc1Cl. The number of hydrogen-bond donors (Lipinski definition) is 0. The first-order valence-corrected chi connectivity index (χ1v) is 9.39. The summed E-state index contributed by atoms with van der Waals surface area (Å²) in [6.45, 7) is 0.0180. The number of imide groups is 1. The topological polar surface area (TPSA) is 89.8 Å². The number of nitro groups is 1. The molecule has 0 radical (unpaired) electrons. The molecular formula is C18H12Cl2N2O5S. The Bertz CT molecular complexity index is 985. The highest BCUT2D eigenvalue weighted by Gasteiger charge is 2.35. The van der Waals surface area contributed by atoms with Crippen molar-refractivity contribution in [3.8, 4) is 5.75 Å². The fourth-order valence-electron chi connectivity index (χ4n) is 2.55. The van der Waals surface area contributed by atoms with Crippen LogP contribution in [0, 0.1) is 10.1 Å². The molecule has 144 valence electrons. The zero-order valence-corrected chi connectivity index (χ0v) is 16.7. The second-order valence-corrected chi connectivity index (χ2v) is 7.52. The maximum atomic E-state index is 12.6. The number of hydrogen-bond acceptors (Lipinski definition) is 6. The van der Waals surface area contributed by atoms with Crippen molar-refractivity contribution in [3.05, 3.63) is 72.6 Å². The standard InChI is InChI=1S/C18H12Cl2N2O5S/c1-27-16-13(19)6-11(7-14(16)20)8-15-17(23)21(18(24)28-15)9-10-2-4-12(5-3-10)22(25)26/h2-8H,9H2,1H3/b15-8-. The number of thioether (sulfide) groups is 1. The molecule has 0 N–H and O–H groups in total. The van der Waals surface area contributed by atoms with Gasteiger partial charge < -0.3 is 4.74 Å². The molecule has 1 aliphatic rings. The Balaban J connectivity index is 1.81. The quantitative estimate of drug-likeness (QED) is 0.364. The summed E-state index contributed by atoms with van der Waals surface area (Å²) in [4.78, 5) is 36.4. The predicted octanol–water partition coefficient (Wildman–Crippen LogP) is 5.15. The van der Waals surface area contributed by atoms with E-state index >= 15 is 0 Å². The smallest absolute Gasteiger partial charge is 0.293 e. The number of non-ortho nitro benzene ring substituents is 1. The molecule has 1 saturated heterocycles. The fraction of sp³-hybridized carbons (Fsp3) is 0.111. The molecule has 0 atom stereocenters. The van der Waals surface area contributed by atoms with Crippen LogP contribution < -0.4 is 4.74 Å². The number of nitro benzene ring substituents is 1. The van der Waals surface area contributed by atoms with Gasteiger partial charge in [0.05, 0.1) is 33.5 Å². The highest BCUT2D eigenvalue weighted by atomic mass is 35.5. The summed E-state index contributed by atoms with van der Waals surface area (Å²) in [7, 11) is 1.44. The van der Waals surface area contributed by atoms with Crippen LogP contribution >= 0.6 is 35.0 Å². The van der Waals surface area contributed by atoms with Gasteiger partial charge in [-0.2, -0.15) is 0 Å². The first-order valence-electron chi connectivity index (χ1n) is 7.82. The molecule has 10 heteroatoms. The molecule has 1 aliphatic heterocycles. The minimum Gasteiger partial charge on any atom is -0.494 e. The molecule has 1 heterocycles. The van der Waals surface area contributed by atoms with E-state index in [9.17, 15) is 19.7 Å². The molecular weight excluding hydrogens is 427 g/mol. The normalized spacial score (nSPS) is 15.4. The molecule has 0 bridgehead atoms. The van der Waals surface area contributed by atoms with Gasteiger partial charge in [0, 0.05) is 12.1 Å². The number of rotatable bonds is 5. The third-order valence-corrected chi connectivity index (χ3v) is 5.35. The van der Waals surface area contributed by atoms with E-state index in [0.717, 1.165) is 16.7 Å². The number of benzene rings is 2. The van der Waals surface area contributed by atoms with Crippen LogP contribution in [-0.4, -0.2) is 28.1 Å². The van der Waals surface area contributed by atoms with Crippen LogP contribution in [0.2, 0.25) is 10.0 Å². The van der Waals surface area contributed by atoms with Crippen LogP contribution in [0.1, 0.15) is 11.1 Å². The molecule has 0 aliphatic carbocycles. The van der Waals surface area contributed by atoms with Gasteiger partial charge in [-0.25, -0.2) is 0 Å². The van der Waals surface area contributed by atoms with E-state index < -0.39 is 16.1 Å². The summed E-state index contributed by atoms with van der Waals surface area (Å²) in [5.74, 6) is -0.136. The van der Waals surface area contributed by atoms with Gasteiger partial charge >= 0.3 is 0 Å². The van der Waals surface area contributed by atoms with E-state index in [0.29, 0.717) is 16.9 Å². The summed E-state index contributed by atoms with van der Waals surface area (Å²) < 4.78 is 5.08. The van der Waals surface area contributed by atoms with Crippen LogP contribution in [0.4, 0.5) is 10.5 Å². The second-order valence-electron chi connectivity index (χ2n) is 5.71. The van der Waals surface area contributed by atoms with E-state index in [2.05, 4.69) is 0 Å². The van der Waals surface area contributed by atoms with Gasteiger partial charge in [-0.05, 0) is 41.1 Å². The number of amides is 2. The van der Waals surface area contributed by atoms with Crippen LogP contribution in [-0.2, 0) is 11.3 Å². The van der Waals surface area contributed by atoms with Gasteiger partial charge in [0.1, 0.15) is 0 Å². The molecule has 7 nitrogen and oxygen atoms in total. The average molecular weight is 439 g/mol. The second kappa shape index (κ2) is 8.22. The van der Waals surface area contributed by atoms with Crippen molar-refractivity contribution < 1.29 is 19.2 Å². The molecule has 2 aromatic rings. The summed E-state index contributed by atoms with van der Waals surface area (Å²) >= 11 is 13.0. The largest absolute Gasteiger partial charge is 0.494 e. The van der Waals surface area contributed by atoms with Crippen LogP contribution in [0.25, 0.3) is 6.08 Å². The number of ether oxygens (including phenoxy) is 1. The summed E-state index contributed by atoms with van der Waals surface area (Å²) in [6.07, 6.45) is 1.53. The summed E-state index contributed by atoms with van der Waals surface area (Å²) in [5, 5.41) is 10.9. The Morgan fingerprint density at radius 1 is 1.18 bits per heavy atom. The Kier molecular flexibility index (Phi) is 5.93. The summed E-state index contributed by atoms with van der Waals surface area (Å²) in [6, 6.07) is 8.83. The van der Waals surface area contributed by atoms with Crippen molar-refractivity contribution in [2.75, 3.05) is 7.11 Å². The lowest BCUT2D eigenvalue weighted by Gasteiger charge is -2.12. The molecule has 2 amide bonds. The minimum absolute atomic E-state index is 0.0180. The van der Waals surface area contributed by atoms with Gasteiger partial charge in [-0.1, -0.05) is 35.3 Å². The fourth-order valence-corrected chi connectivity index (χ4v) is 4.05. The lowest BCUT2D eigenvalue weighted by Crippen LogP contribution is -2.27. The van der Waals surface area contributed by atoms with E-state index in [-0.39, 0.29) is 27.2 Å². The van der Waals surface area contributed by atoms with Crippen molar-refractivity contribution in [2.45, 2.75) is 6.54 Å². The number of carbonyl (C=O) groups excluding carboxylic acids is 2. The lowest BCUT2D eigenvalue weighted by molar-refractivity contribution is -0.384. The molecule has 3 rings (SSSR count). The van der Waals surface area contributed by atoms with Gasteiger partial charge in [0.2, 0.25) is 0 Å². The van der Waals surface area contributed by atoms with Crippen LogP contribution in [0.5, 0.6) is 5.75 Å². The Hall–Kier alpha value is -2.55. The Labute approximate surface area is 174 Å². The number of nitrogens with zero attached hydrogens (tertiary/aromatic N) is 2. The monoisotopic (exact) mass is 438 g/mol. The lowest BCUT2D eigenvalue weighted by atomic mass is 10.2. The molecule has 0 aromatic heterocycles. The van der Waals surface area contributed by atoms with Crippen molar-refractivity contribution in [2.24, 2.45) is 0 Å². The maximum absolute atomic E-state index is 12.6. The molecule has 0 saturated carbocycles. The number of halogens is 2. The van der Waals surface area contributed by atoms with Crippen molar-refractivity contribution in [3.63, 3.8) is 0 Å². The zero-order chi connectivity index (χ0) is 20.4. The molecule has 0 unspecified atom stereocenters. The van der Waals surface area contributed by atoms with Crippen LogP contribution in [0.15, 0.2) is 41.3 Å². The highest BCUT2D eigenvalue weighted by Crippen LogP contribution is 2.37. The van der Waals surface area contributed by atoms with Gasteiger partial charge in [0.15, 0.2) is 5.75 Å². The van der Waals surface area contributed by atoms with Crippen molar-refractivity contribution >= 4 is 57.9 Å². The maximum Gasteiger partial charge on any atom is 0.293 e. The third kappa shape index (κ3) is 4.14. The summed E-state index contributed by atoms with van der Waals surface area (Å²) in [5.41, 5.74) is 1.09. The first kappa shape index (κ1) is 20.2. The number of methoxy groups -OCH3 is 1. The molecule has 2 aromatic carbocycles. The van der Waals surface area contributed by atoms with Crippen molar-refractivity contribution in [1.29, 1.82) is 0 Å². The Morgan fingerprint density at radius 3 is 2.32 bits per heavy atom. The highest BCUT2D eigenvalue weighted by molar-refractivity contribution is 8.18. The minimum atomic E-state index is -0.516. The van der Waals surface area contributed by atoms with Gasteiger partial charge in [-0.15, -0.1) is 0 Å². The zero-order valence-electron chi connectivity index (χ0n) is 14.3. The molecule has 28 heavy (non-hydrogen) atoms. The van der Waals surface area contributed by atoms with E-state index in [1.54, 1.807) is 12.1 Å². The van der Waals surface area contributed by atoms with E-state index in [1.807, 2.05) is 0 Å². The molecule has 0 spiro atoms. The van der Waals surface area contributed by atoms with Crippen molar-refractivity contribution in [1.82, 2.24) is 4.90 Å². The van der Waals surface area contributed by atoms with E-state index in [1.165, 1.54) is 37.5 Å². The van der Waals surface area contributed by atoms with Gasteiger partial charge in [-0.3, -0.25) is 24.6 Å².